The highest BCUT2D eigenvalue weighted by Crippen LogP contribution is 2.22. The van der Waals surface area contributed by atoms with Gasteiger partial charge in [-0.15, -0.1) is 0 Å². The second-order valence-corrected chi connectivity index (χ2v) is 7.86. The van der Waals surface area contributed by atoms with E-state index in [4.69, 9.17) is 4.74 Å². The molecule has 0 amide bonds. The zero-order chi connectivity index (χ0) is 17.2. The topological polar surface area (TPSA) is 87.3 Å². The maximum absolute atomic E-state index is 11.2. The van der Waals surface area contributed by atoms with E-state index in [9.17, 15) is 8.42 Å². The van der Waals surface area contributed by atoms with Crippen molar-refractivity contribution in [1.82, 2.24) is 19.8 Å². The van der Waals surface area contributed by atoms with E-state index in [1.807, 2.05) is 12.1 Å². The Labute approximate surface area is 142 Å². The maximum atomic E-state index is 11.2. The SMILES string of the molecule is COc1ccc(CN2CCc3c(CNS(C)(=O)=O)n[nH]c3C2)cc1. The Morgan fingerprint density at radius 2 is 2.08 bits per heavy atom. The molecule has 0 aliphatic carbocycles. The molecule has 7 nitrogen and oxygen atoms in total. The van der Waals surface area contributed by atoms with Gasteiger partial charge in [0.1, 0.15) is 5.75 Å². The molecule has 0 saturated carbocycles. The molecule has 2 heterocycles. The lowest BCUT2D eigenvalue weighted by Crippen LogP contribution is -2.30. The normalized spacial score (nSPS) is 15.2. The van der Waals surface area contributed by atoms with Crippen LogP contribution in [0.15, 0.2) is 24.3 Å². The van der Waals surface area contributed by atoms with Gasteiger partial charge in [-0.05, 0) is 24.1 Å². The summed E-state index contributed by atoms with van der Waals surface area (Å²) in [6, 6.07) is 8.08. The van der Waals surface area contributed by atoms with E-state index in [0.29, 0.717) is 0 Å². The molecule has 130 valence electrons. The average Bonchev–Trinajstić information content (AvgIpc) is 2.95. The molecular weight excluding hydrogens is 328 g/mol. The molecule has 1 aliphatic rings. The number of benzene rings is 1. The summed E-state index contributed by atoms with van der Waals surface area (Å²) in [6.07, 6.45) is 2.02. The van der Waals surface area contributed by atoms with Crippen LogP contribution in [0.1, 0.15) is 22.5 Å². The molecule has 24 heavy (non-hydrogen) atoms. The molecule has 0 radical (unpaired) electrons. The number of H-pyrrole nitrogens is 1. The number of hydrogen-bond acceptors (Lipinski definition) is 5. The lowest BCUT2D eigenvalue weighted by Gasteiger charge is -2.26. The first-order chi connectivity index (χ1) is 11.4. The van der Waals surface area contributed by atoms with Crippen LogP contribution < -0.4 is 9.46 Å². The molecule has 2 N–H and O–H groups in total. The molecule has 1 aromatic heterocycles. The van der Waals surface area contributed by atoms with Gasteiger partial charge in [0.15, 0.2) is 0 Å². The highest BCUT2D eigenvalue weighted by Gasteiger charge is 2.22. The number of nitrogens with zero attached hydrogens (tertiary/aromatic N) is 2. The highest BCUT2D eigenvalue weighted by molar-refractivity contribution is 7.88. The first-order valence-corrected chi connectivity index (χ1v) is 9.68. The second-order valence-electron chi connectivity index (χ2n) is 6.03. The molecule has 2 aromatic rings. The van der Waals surface area contributed by atoms with Crippen molar-refractivity contribution in [2.75, 3.05) is 19.9 Å². The predicted molar refractivity (Wildman–Crippen MR) is 91.1 cm³/mol. The van der Waals surface area contributed by atoms with Crippen molar-refractivity contribution >= 4 is 10.0 Å². The maximum Gasteiger partial charge on any atom is 0.209 e. The van der Waals surface area contributed by atoms with E-state index < -0.39 is 10.0 Å². The average molecular weight is 350 g/mol. The van der Waals surface area contributed by atoms with Gasteiger partial charge in [-0.1, -0.05) is 12.1 Å². The van der Waals surface area contributed by atoms with Crippen molar-refractivity contribution in [1.29, 1.82) is 0 Å². The van der Waals surface area contributed by atoms with Gasteiger partial charge in [0, 0.05) is 25.2 Å². The van der Waals surface area contributed by atoms with E-state index in [1.165, 1.54) is 5.56 Å². The summed E-state index contributed by atoms with van der Waals surface area (Å²) < 4.78 is 30.1. The van der Waals surface area contributed by atoms with Gasteiger partial charge >= 0.3 is 0 Å². The van der Waals surface area contributed by atoms with Crippen LogP contribution in [-0.2, 0) is 36.1 Å². The number of hydrogen-bond donors (Lipinski definition) is 2. The van der Waals surface area contributed by atoms with Gasteiger partial charge < -0.3 is 4.74 Å². The molecule has 3 rings (SSSR count). The van der Waals surface area contributed by atoms with Gasteiger partial charge in [-0.2, -0.15) is 5.10 Å². The smallest absolute Gasteiger partial charge is 0.209 e. The van der Waals surface area contributed by atoms with Crippen molar-refractivity contribution < 1.29 is 13.2 Å². The molecule has 0 atom stereocenters. The summed E-state index contributed by atoms with van der Waals surface area (Å²) in [6.45, 7) is 2.81. The Kier molecular flexibility index (Phi) is 4.88. The number of sulfonamides is 1. The Hall–Kier alpha value is -1.90. The van der Waals surface area contributed by atoms with E-state index >= 15 is 0 Å². The van der Waals surface area contributed by atoms with Crippen molar-refractivity contribution in [2.24, 2.45) is 0 Å². The van der Waals surface area contributed by atoms with Crippen molar-refractivity contribution in [3.63, 3.8) is 0 Å². The lowest BCUT2D eigenvalue weighted by molar-refractivity contribution is 0.242. The molecular formula is C16H22N4O3S. The highest BCUT2D eigenvalue weighted by atomic mass is 32.2. The molecule has 1 aromatic carbocycles. The van der Waals surface area contributed by atoms with Crippen molar-refractivity contribution in [3.05, 3.63) is 46.8 Å². The fraction of sp³-hybridized carbons (Fsp3) is 0.438. The van der Waals surface area contributed by atoms with Crippen molar-refractivity contribution in [3.8, 4) is 5.75 Å². The summed E-state index contributed by atoms with van der Waals surface area (Å²) in [5.41, 5.74) is 4.23. The number of fused-ring (bicyclic) bond motifs is 1. The summed E-state index contributed by atoms with van der Waals surface area (Å²) in [7, 11) is -1.55. The van der Waals surface area contributed by atoms with Crippen molar-refractivity contribution in [2.45, 2.75) is 26.1 Å². The van der Waals surface area contributed by atoms with Crippen LogP contribution in [0.25, 0.3) is 0 Å². The quantitative estimate of drug-likeness (QED) is 0.812. The van der Waals surface area contributed by atoms with E-state index in [-0.39, 0.29) is 6.54 Å². The lowest BCUT2D eigenvalue weighted by atomic mass is 10.0. The number of rotatable bonds is 6. The van der Waals surface area contributed by atoms with Crippen LogP contribution in [0.3, 0.4) is 0 Å². The number of nitrogens with one attached hydrogen (secondary N) is 2. The third kappa shape index (κ3) is 4.14. The molecule has 0 fully saturated rings. The zero-order valence-electron chi connectivity index (χ0n) is 13.9. The van der Waals surface area contributed by atoms with Gasteiger partial charge in [0.2, 0.25) is 10.0 Å². The second kappa shape index (κ2) is 6.92. The van der Waals surface area contributed by atoms with E-state index in [1.54, 1.807) is 7.11 Å². The molecule has 0 unspecified atom stereocenters. The Morgan fingerprint density at radius 1 is 1.33 bits per heavy atom. The number of aromatic amines is 1. The molecule has 1 aliphatic heterocycles. The monoisotopic (exact) mass is 350 g/mol. The van der Waals surface area contributed by atoms with Crippen LogP contribution in [0.5, 0.6) is 5.75 Å². The van der Waals surface area contributed by atoms with Crippen LogP contribution in [0.2, 0.25) is 0 Å². The first kappa shape index (κ1) is 16.9. The van der Waals surface area contributed by atoms with E-state index in [2.05, 4.69) is 32.0 Å². The largest absolute Gasteiger partial charge is 0.497 e. The van der Waals surface area contributed by atoms with E-state index in [0.717, 1.165) is 55.0 Å². The molecule has 0 bridgehead atoms. The van der Waals surface area contributed by atoms with Gasteiger partial charge in [-0.3, -0.25) is 10.00 Å². The summed E-state index contributed by atoms with van der Waals surface area (Å²) >= 11 is 0. The van der Waals surface area contributed by atoms with Crippen LogP contribution in [0, 0.1) is 0 Å². The zero-order valence-corrected chi connectivity index (χ0v) is 14.7. The summed E-state index contributed by atoms with van der Waals surface area (Å²) in [4.78, 5) is 2.34. The minimum Gasteiger partial charge on any atom is -0.497 e. The third-order valence-electron chi connectivity index (χ3n) is 4.17. The molecule has 0 spiro atoms. The van der Waals surface area contributed by atoms with Gasteiger partial charge in [0.05, 0.1) is 31.3 Å². The number of ether oxygens (including phenoxy) is 1. The number of aromatic nitrogens is 2. The van der Waals surface area contributed by atoms with Gasteiger partial charge in [-0.25, -0.2) is 13.1 Å². The fourth-order valence-corrected chi connectivity index (χ4v) is 3.31. The Bertz CT molecular complexity index is 799. The minimum absolute atomic E-state index is 0.239. The standard InChI is InChI=1S/C16H22N4O3S/c1-23-13-5-3-12(4-6-13)10-20-8-7-14-15(9-17-24(2,21)22)18-19-16(14)11-20/h3-6,17H,7-11H2,1-2H3,(H,18,19). The van der Waals surface area contributed by atoms with Crippen LogP contribution >= 0.6 is 0 Å². The molecule has 0 saturated heterocycles. The summed E-state index contributed by atoms with van der Waals surface area (Å²) in [5.74, 6) is 0.858. The van der Waals surface area contributed by atoms with Gasteiger partial charge in [0.25, 0.3) is 0 Å². The Morgan fingerprint density at radius 3 is 2.75 bits per heavy atom. The third-order valence-corrected chi connectivity index (χ3v) is 4.83. The Balaban J connectivity index is 1.63. The van der Waals surface area contributed by atoms with Crippen LogP contribution in [0.4, 0.5) is 0 Å². The summed E-state index contributed by atoms with van der Waals surface area (Å²) in [5, 5.41) is 7.32. The number of methoxy groups -OCH3 is 1. The van der Waals surface area contributed by atoms with Crippen LogP contribution in [-0.4, -0.2) is 43.4 Å². The molecule has 8 heteroatoms. The fourth-order valence-electron chi connectivity index (χ4n) is 2.91. The minimum atomic E-state index is -3.21. The predicted octanol–water partition coefficient (Wildman–Crippen LogP) is 1.03. The first-order valence-electron chi connectivity index (χ1n) is 7.79.